The maximum atomic E-state index is 2.80. The molecule has 0 spiro atoms. The van der Waals surface area contributed by atoms with Gasteiger partial charge in [-0.2, -0.15) is 0 Å². The molecular weight excluding hydrogens is 520 g/mol. The van der Waals surface area contributed by atoms with Gasteiger partial charge < -0.3 is 12.4 Å². The van der Waals surface area contributed by atoms with Crippen molar-refractivity contribution in [2.45, 2.75) is 220 Å². The van der Waals surface area contributed by atoms with Crippen LogP contribution in [-0.2, 0) is 0 Å². The lowest BCUT2D eigenvalue weighted by molar-refractivity contribution is -0.554. The summed E-state index contributed by atoms with van der Waals surface area (Å²) >= 11 is 0. The van der Waals surface area contributed by atoms with Crippen LogP contribution in [0.5, 0.6) is 0 Å². The van der Waals surface area contributed by atoms with E-state index in [-0.39, 0.29) is 12.4 Å². The quantitative estimate of drug-likeness (QED) is 0.0570. The Balaban J connectivity index is 0.0000160. The third-order valence-electron chi connectivity index (χ3n) is 9.69. The molecule has 1 atom stereocenters. The summed E-state index contributed by atoms with van der Waals surface area (Å²) in [6, 6.07) is 0.777. The number of amidine groups is 1. The Morgan fingerprint density at radius 1 is 0.488 bits per heavy atom. The first kappa shape index (κ1) is 40.8. The van der Waals surface area contributed by atoms with Gasteiger partial charge in [0.05, 0.1) is 13.1 Å². The number of rotatable bonds is 31. The molecule has 0 bridgehead atoms. The van der Waals surface area contributed by atoms with E-state index < -0.39 is 0 Å². The zero-order chi connectivity index (χ0) is 28.9. The largest absolute Gasteiger partial charge is 1.00 e. The topological polar surface area (TPSA) is 6.25 Å². The van der Waals surface area contributed by atoms with Gasteiger partial charge in [-0.15, -0.1) is 0 Å². The average Bonchev–Trinajstić information content (AvgIpc) is 3.31. The van der Waals surface area contributed by atoms with E-state index in [9.17, 15) is 0 Å². The second kappa shape index (κ2) is 31.2. The highest BCUT2D eigenvalue weighted by molar-refractivity contribution is 5.78. The standard InChI is InChI=1S/C38H77N2.ClH/c1-5-9-11-13-15-17-19-21-23-24-26-28-30-32-34-37-36-39(7-3)38(40(37)8-4)35-33-31-29-27-25-22-20-18-16-14-12-10-6-2;/h37H,5-36H2,1-4H3;1H/q+1;/p-1. The second-order valence-corrected chi connectivity index (χ2v) is 13.3. The molecule has 0 saturated carbocycles. The van der Waals surface area contributed by atoms with Crippen molar-refractivity contribution in [1.82, 2.24) is 4.90 Å². The normalized spacial score (nSPS) is 15.2. The number of hydrogen-bond acceptors (Lipinski definition) is 1. The molecule has 1 rings (SSSR count). The predicted octanol–water partition coefficient (Wildman–Crippen LogP) is 9.48. The number of likely N-dealkylation sites (N-methyl/N-ethyl adjacent to an activating group) is 2. The monoisotopic (exact) mass is 597 g/mol. The molecule has 0 aromatic carbocycles. The van der Waals surface area contributed by atoms with Gasteiger partial charge in [0.2, 0.25) is 5.84 Å². The van der Waals surface area contributed by atoms with Crippen LogP contribution in [0.15, 0.2) is 0 Å². The molecule has 0 amide bonds. The van der Waals surface area contributed by atoms with Crippen molar-refractivity contribution in [1.29, 1.82) is 0 Å². The van der Waals surface area contributed by atoms with Crippen molar-refractivity contribution in [3.63, 3.8) is 0 Å². The van der Waals surface area contributed by atoms with E-state index in [1.807, 2.05) is 0 Å². The molecule has 246 valence electrons. The lowest BCUT2D eigenvalue weighted by Gasteiger charge is -2.11. The van der Waals surface area contributed by atoms with Gasteiger partial charge in [-0.25, -0.2) is 0 Å². The first-order chi connectivity index (χ1) is 19.8. The minimum absolute atomic E-state index is 0. The first-order valence-corrected chi connectivity index (χ1v) is 19.2. The molecule has 0 aromatic rings. The van der Waals surface area contributed by atoms with Crippen molar-refractivity contribution < 1.29 is 17.0 Å². The van der Waals surface area contributed by atoms with Crippen molar-refractivity contribution in [2.24, 2.45) is 0 Å². The molecule has 1 heterocycles. The Labute approximate surface area is 266 Å². The van der Waals surface area contributed by atoms with Crippen molar-refractivity contribution in [3.05, 3.63) is 0 Å². The predicted molar refractivity (Wildman–Crippen MR) is 182 cm³/mol. The zero-order valence-electron chi connectivity index (χ0n) is 29.0. The molecule has 0 aromatic heterocycles. The maximum Gasteiger partial charge on any atom is 0.247 e. The molecule has 1 unspecified atom stereocenters. The van der Waals surface area contributed by atoms with Crippen LogP contribution >= 0.6 is 0 Å². The van der Waals surface area contributed by atoms with Crippen LogP contribution in [0.3, 0.4) is 0 Å². The Bertz CT molecular complexity index is 560. The minimum atomic E-state index is 0. The van der Waals surface area contributed by atoms with Crippen molar-refractivity contribution in [2.75, 3.05) is 19.6 Å². The summed E-state index contributed by atoms with van der Waals surface area (Å²) in [6.45, 7) is 13.1. The summed E-state index contributed by atoms with van der Waals surface area (Å²) in [6.07, 6.45) is 42.0. The van der Waals surface area contributed by atoms with Gasteiger partial charge in [0.25, 0.3) is 0 Å². The maximum absolute atomic E-state index is 2.80. The summed E-state index contributed by atoms with van der Waals surface area (Å²) in [4.78, 5) is 2.72. The summed E-state index contributed by atoms with van der Waals surface area (Å²) < 4.78 is 2.80. The average molecular weight is 598 g/mol. The van der Waals surface area contributed by atoms with Gasteiger partial charge in [0.1, 0.15) is 12.6 Å². The summed E-state index contributed by atoms with van der Waals surface area (Å²) in [5.41, 5.74) is 0. The summed E-state index contributed by atoms with van der Waals surface area (Å²) in [5.74, 6) is 1.68. The minimum Gasteiger partial charge on any atom is -1.00 e. The van der Waals surface area contributed by atoms with E-state index in [0.717, 1.165) is 6.04 Å². The number of hydrogen-bond donors (Lipinski definition) is 0. The fourth-order valence-corrected chi connectivity index (χ4v) is 7.03. The van der Waals surface area contributed by atoms with Crippen LogP contribution in [0, 0.1) is 0 Å². The van der Waals surface area contributed by atoms with Gasteiger partial charge in [-0.1, -0.05) is 174 Å². The molecule has 0 fully saturated rings. The van der Waals surface area contributed by atoms with Crippen LogP contribution in [-0.4, -0.2) is 41.0 Å². The smallest absolute Gasteiger partial charge is 0.247 e. The van der Waals surface area contributed by atoms with Gasteiger partial charge in [-0.05, 0) is 33.1 Å². The third kappa shape index (κ3) is 22.0. The third-order valence-corrected chi connectivity index (χ3v) is 9.69. The fraction of sp³-hybridized carbons (Fsp3) is 0.974. The Hall–Kier alpha value is -0.240. The Morgan fingerprint density at radius 3 is 1.17 bits per heavy atom. The van der Waals surface area contributed by atoms with E-state index in [1.165, 1.54) is 206 Å². The first-order valence-electron chi connectivity index (χ1n) is 19.2. The lowest BCUT2D eigenvalue weighted by atomic mass is 10.0. The van der Waals surface area contributed by atoms with Crippen LogP contribution in [0.2, 0.25) is 0 Å². The van der Waals surface area contributed by atoms with E-state index >= 15 is 0 Å². The lowest BCUT2D eigenvalue weighted by Crippen LogP contribution is -3.00. The van der Waals surface area contributed by atoms with Crippen molar-refractivity contribution in [3.8, 4) is 0 Å². The van der Waals surface area contributed by atoms with Gasteiger partial charge in [0.15, 0.2) is 0 Å². The molecule has 0 radical (unpaired) electrons. The summed E-state index contributed by atoms with van der Waals surface area (Å²) in [7, 11) is 0. The van der Waals surface area contributed by atoms with E-state index in [2.05, 4.69) is 37.2 Å². The molecule has 41 heavy (non-hydrogen) atoms. The summed E-state index contributed by atoms with van der Waals surface area (Å²) in [5, 5.41) is 0. The van der Waals surface area contributed by atoms with E-state index in [4.69, 9.17) is 0 Å². The number of nitrogens with zero attached hydrogens (tertiary/aromatic N) is 2. The Kier molecular flexibility index (Phi) is 31.0. The van der Waals surface area contributed by atoms with E-state index in [1.54, 1.807) is 5.84 Å². The van der Waals surface area contributed by atoms with E-state index in [0.29, 0.717) is 0 Å². The van der Waals surface area contributed by atoms with Crippen LogP contribution in [0.4, 0.5) is 0 Å². The number of unbranched alkanes of at least 4 members (excludes halogenated alkanes) is 25. The highest BCUT2D eigenvalue weighted by Gasteiger charge is 2.35. The molecule has 0 saturated heterocycles. The second-order valence-electron chi connectivity index (χ2n) is 13.3. The molecule has 2 nitrogen and oxygen atoms in total. The number of halogens is 1. The molecule has 0 aliphatic carbocycles. The van der Waals surface area contributed by atoms with Gasteiger partial charge in [0, 0.05) is 6.42 Å². The molecular formula is C38H77ClN2. The SMILES string of the molecule is CCCCCCCCCCCCCCCCC1CN(CC)C(CCCCCCCCCCCCCCC)=[N+]1CC.[Cl-]. The molecule has 1 aliphatic rings. The van der Waals surface area contributed by atoms with Gasteiger partial charge in [-0.3, -0.25) is 9.48 Å². The molecule has 1 aliphatic heterocycles. The fourth-order valence-electron chi connectivity index (χ4n) is 7.03. The van der Waals surface area contributed by atoms with Crippen LogP contribution < -0.4 is 12.4 Å². The molecule has 0 N–H and O–H groups in total. The molecule has 3 heteroatoms. The highest BCUT2D eigenvalue weighted by Crippen LogP contribution is 2.20. The van der Waals surface area contributed by atoms with Crippen LogP contribution in [0.25, 0.3) is 0 Å². The van der Waals surface area contributed by atoms with Crippen molar-refractivity contribution >= 4 is 5.84 Å². The Morgan fingerprint density at radius 2 is 0.829 bits per heavy atom. The van der Waals surface area contributed by atoms with Gasteiger partial charge >= 0.3 is 0 Å². The van der Waals surface area contributed by atoms with Crippen LogP contribution in [0.1, 0.15) is 214 Å². The zero-order valence-corrected chi connectivity index (χ0v) is 29.7. The highest BCUT2D eigenvalue weighted by atomic mass is 35.5.